The van der Waals surface area contributed by atoms with Crippen molar-refractivity contribution in [2.24, 2.45) is 0 Å². The van der Waals surface area contributed by atoms with E-state index in [9.17, 15) is 4.79 Å². The number of benzene rings is 2. The minimum Gasteiger partial charge on any atom is -0.494 e. The Hall–Kier alpha value is -2.58. The van der Waals surface area contributed by atoms with Gasteiger partial charge in [0.25, 0.3) is 5.91 Å². The van der Waals surface area contributed by atoms with E-state index in [-0.39, 0.29) is 11.0 Å². The molecule has 2 aromatic carbocycles. The lowest BCUT2D eigenvalue weighted by molar-refractivity contribution is 0.0977. The van der Waals surface area contributed by atoms with Crippen molar-refractivity contribution >= 4 is 51.7 Å². The van der Waals surface area contributed by atoms with Crippen molar-refractivity contribution in [3.05, 3.63) is 47.5 Å². The average molecular weight is 401 g/mol. The molecule has 0 aliphatic rings. The first-order valence-electron chi connectivity index (χ1n) is 8.65. The molecule has 3 rings (SSSR count). The van der Waals surface area contributed by atoms with Crippen LogP contribution in [0.4, 0.5) is 5.69 Å². The highest BCUT2D eigenvalue weighted by Crippen LogP contribution is 2.25. The van der Waals surface area contributed by atoms with E-state index in [4.69, 9.17) is 17.0 Å². The SMILES string of the molecule is CCCCOc1ccc(C(=O)NC(=S)Nc2c(C)ccc3nsnc23)cc1. The van der Waals surface area contributed by atoms with Crippen LogP contribution in [-0.2, 0) is 0 Å². The molecular weight excluding hydrogens is 380 g/mol. The lowest BCUT2D eigenvalue weighted by atomic mass is 10.1. The van der Waals surface area contributed by atoms with Crippen LogP contribution < -0.4 is 15.4 Å². The molecular formula is C19H20N4O2S2. The first-order valence-corrected chi connectivity index (χ1v) is 9.79. The number of nitrogens with zero attached hydrogens (tertiary/aromatic N) is 2. The minimum atomic E-state index is -0.283. The first-order chi connectivity index (χ1) is 13.1. The summed E-state index contributed by atoms with van der Waals surface area (Å²) in [5, 5.41) is 5.98. The maximum Gasteiger partial charge on any atom is 0.257 e. The number of hydrogen-bond acceptors (Lipinski definition) is 6. The van der Waals surface area contributed by atoms with Gasteiger partial charge in [-0.2, -0.15) is 8.75 Å². The van der Waals surface area contributed by atoms with Crippen molar-refractivity contribution in [2.45, 2.75) is 26.7 Å². The fourth-order valence-electron chi connectivity index (χ4n) is 2.47. The zero-order valence-electron chi connectivity index (χ0n) is 15.1. The van der Waals surface area contributed by atoms with Gasteiger partial charge in [-0.15, -0.1) is 0 Å². The molecule has 3 aromatic rings. The summed E-state index contributed by atoms with van der Waals surface area (Å²) in [6, 6.07) is 10.9. The van der Waals surface area contributed by atoms with Gasteiger partial charge < -0.3 is 10.1 Å². The number of rotatable bonds is 6. The molecule has 0 atom stereocenters. The summed E-state index contributed by atoms with van der Waals surface area (Å²) in [5.41, 5.74) is 3.77. The van der Waals surface area contributed by atoms with Crippen LogP contribution in [0.5, 0.6) is 5.75 Å². The summed E-state index contributed by atoms with van der Waals surface area (Å²) >= 11 is 6.43. The molecule has 1 heterocycles. The quantitative estimate of drug-likeness (QED) is 0.474. The highest BCUT2D eigenvalue weighted by Gasteiger charge is 2.12. The molecule has 6 nitrogen and oxygen atoms in total. The number of carbonyl (C=O) groups is 1. The molecule has 0 radical (unpaired) electrons. The van der Waals surface area contributed by atoms with Crippen LogP contribution in [0.15, 0.2) is 36.4 Å². The summed E-state index contributed by atoms with van der Waals surface area (Å²) in [7, 11) is 0. The van der Waals surface area contributed by atoms with Crippen molar-refractivity contribution in [1.82, 2.24) is 14.1 Å². The molecule has 0 fully saturated rings. The number of thiocarbonyl (C=S) groups is 1. The van der Waals surface area contributed by atoms with E-state index < -0.39 is 0 Å². The zero-order valence-corrected chi connectivity index (χ0v) is 16.7. The number of ether oxygens (including phenoxy) is 1. The standard InChI is InChI=1S/C19H20N4O2S2/c1-3-4-11-25-14-8-6-13(7-9-14)18(24)21-19(26)20-16-12(2)5-10-15-17(16)23-27-22-15/h5-10H,3-4,11H2,1-2H3,(H2,20,21,24,26). The molecule has 1 aromatic heterocycles. The summed E-state index contributed by atoms with van der Waals surface area (Å²) in [4.78, 5) is 12.4. The van der Waals surface area contributed by atoms with Crippen LogP contribution in [0.2, 0.25) is 0 Å². The topological polar surface area (TPSA) is 76.1 Å². The molecule has 1 amide bonds. The highest BCUT2D eigenvalue weighted by atomic mass is 32.1. The molecule has 0 bridgehead atoms. The summed E-state index contributed by atoms with van der Waals surface area (Å²) < 4.78 is 14.1. The van der Waals surface area contributed by atoms with Crippen molar-refractivity contribution in [3.8, 4) is 5.75 Å². The lowest BCUT2D eigenvalue weighted by Gasteiger charge is -2.12. The molecule has 0 unspecified atom stereocenters. The average Bonchev–Trinajstić information content (AvgIpc) is 3.14. The third kappa shape index (κ3) is 4.78. The number of anilines is 1. The molecule has 8 heteroatoms. The van der Waals surface area contributed by atoms with Crippen LogP contribution in [0, 0.1) is 6.92 Å². The van der Waals surface area contributed by atoms with E-state index in [1.165, 1.54) is 0 Å². The van der Waals surface area contributed by atoms with Crippen molar-refractivity contribution in [3.63, 3.8) is 0 Å². The molecule has 140 valence electrons. The Morgan fingerprint density at radius 2 is 1.96 bits per heavy atom. The van der Waals surface area contributed by atoms with Gasteiger partial charge in [-0.3, -0.25) is 10.1 Å². The second kappa shape index (κ2) is 8.88. The van der Waals surface area contributed by atoms with Crippen molar-refractivity contribution < 1.29 is 9.53 Å². The Balaban J connectivity index is 1.62. The molecule has 0 aliphatic carbocycles. The maximum atomic E-state index is 12.4. The minimum absolute atomic E-state index is 0.215. The van der Waals surface area contributed by atoms with Crippen LogP contribution in [0.3, 0.4) is 0 Å². The van der Waals surface area contributed by atoms with Crippen molar-refractivity contribution in [2.75, 3.05) is 11.9 Å². The van der Waals surface area contributed by atoms with E-state index in [1.54, 1.807) is 24.3 Å². The Labute approximate surface area is 167 Å². The van der Waals surface area contributed by atoms with E-state index >= 15 is 0 Å². The number of carbonyl (C=O) groups excluding carboxylic acids is 1. The van der Waals surface area contributed by atoms with E-state index in [1.807, 2.05) is 19.1 Å². The van der Waals surface area contributed by atoms with Gasteiger partial charge >= 0.3 is 0 Å². The first kappa shape index (κ1) is 19.2. The van der Waals surface area contributed by atoms with E-state index in [0.29, 0.717) is 12.2 Å². The van der Waals surface area contributed by atoms with E-state index in [0.717, 1.165) is 52.6 Å². The van der Waals surface area contributed by atoms with Crippen molar-refractivity contribution in [1.29, 1.82) is 0 Å². The smallest absolute Gasteiger partial charge is 0.257 e. The highest BCUT2D eigenvalue weighted by molar-refractivity contribution is 7.80. The normalized spacial score (nSPS) is 10.6. The van der Waals surface area contributed by atoms with Crippen LogP contribution >= 0.6 is 23.9 Å². The van der Waals surface area contributed by atoms with Gasteiger partial charge in [-0.05, 0) is 61.5 Å². The van der Waals surface area contributed by atoms with Gasteiger partial charge in [0.15, 0.2) is 5.11 Å². The third-order valence-electron chi connectivity index (χ3n) is 3.98. The summed E-state index contributed by atoms with van der Waals surface area (Å²) in [5.74, 6) is 0.466. The Kier molecular flexibility index (Phi) is 6.31. The number of amides is 1. The fourth-order valence-corrected chi connectivity index (χ4v) is 3.20. The molecule has 0 aliphatic heterocycles. The van der Waals surface area contributed by atoms with Gasteiger partial charge in [0, 0.05) is 5.56 Å². The van der Waals surface area contributed by atoms with Crippen LogP contribution in [-0.4, -0.2) is 26.4 Å². The van der Waals surface area contributed by atoms with Gasteiger partial charge in [-0.25, -0.2) is 0 Å². The second-order valence-corrected chi connectivity index (χ2v) is 6.96. The monoisotopic (exact) mass is 400 g/mol. The van der Waals surface area contributed by atoms with E-state index in [2.05, 4.69) is 26.3 Å². The summed E-state index contributed by atoms with van der Waals surface area (Å²) in [6.07, 6.45) is 2.08. The number of hydrogen-bond donors (Lipinski definition) is 2. The Morgan fingerprint density at radius 1 is 1.19 bits per heavy atom. The van der Waals surface area contributed by atoms with Gasteiger partial charge in [0.2, 0.25) is 0 Å². The number of nitrogens with one attached hydrogen (secondary N) is 2. The molecule has 0 saturated carbocycles. The molecule has 0 saturated heterocycles. The van der Waals surface area contributed by atoms with Gasteiger partial charge in [0.05, 0.1) is 24.0 Å². The lowest BCUT2D eigenvalue weighted by Crippen LogP contribution is -2.34. The van der Waals surface area contributed by atoms with Gasteiger partial charge in [-0.1, -0.05) is 19.4 Å². The van der Waals surface area contributed by atoms with Crippen LogP contribution in [0.25, 0.3) is 11.0 Å². The predicted octanol–water partition coefficient (Wildman–Crippen LogP) is 4.31. The van der Waals surface area contributed by atoms with Crippen LogP contribution in [0.1, 0.15) is 35.7 Å². The number of fused-ring (bicyclic) bond motifs is 1. The fraction of sp³-hybridized carbons (Fsp3) is 0.263. The third-order valence-corrected chi connectivity index (χ3v) is 4.73. The summed E-state index contributed by atoms with van der Waals surface area (Å²) in [6.45, 7) is 4.73. The molecule has 2 N–H and O–H groups in total. The molecule has 27 heavy (non-hydrogen) atoms. The maximum absolute atomic E-state index is 12.4. The Bertz CT molecular complexity index is 954. The number of unbranched alkanes of at least 4 members (excludes halogenated alkanes) is 1. The largest absolute Gasteiger partial charge is 0.494 e. The molecule has 0 spiro atoms. The Morgan fingerprint density at radius 3 is 2.70 bits per heavy atom. The predicted molar refractivity (Wildman–Crippen MR) is 113 cm³/mol. The number of aryl methyl sites for hydroxylation is 1. The zero-order chi connectivity index (χ0) is 19.2. The number of aromatic nitrogens is 2. The van der Waals surface area contributed by atoms with Gasteiger partial charge in [0.1, 0.15) is 16.8 Å². The second-order valence-electron chi connectivity index (χ2n) is 6.02.